The number of aromatic nitrogens is 2. The van der Waals surface area contributed by atoms with Gasteiger partial charge in [-0.2, -0.15) is 4.98 Å². The van der Waals surface area contributed by atoms with Crippen LogP contribution in [-0.2, 0) is 4.74 Å². The van der Waals surface area contributed by atoms with Crippen molar-refractivity contribution < 1.29 is 14.2 Å². The number of hydrogen-bond donors (Lipinski definition) is 1. The van der Waals surface area contributed by atoms with E-state index in [-0.39, 0.29) is 6.10 Å². The van der Waals surface area contributed by atoms with Crippen LogP contribution in [0.5, 0.6) is 11.6 Å². The lowest BCUT2D eigenvalue weighted by Crippen LogP contribution is -2.13. The third-order valence-electron chi connectivity index (χ3n) is 2.29. The van der Waals surface area contributed by atoms with Crippen LogP contribution in [0.25, 0.3) is 0 Å². The van der Waals surface area contributed by atoms with E-state index in [2.05, 4.69) is 22.2 Å². The largest absolute Gasteiger partial charge is 0.489 e. The lowest BCUT2D eigenvalue weighted by molar-refractivity contribution is 0.0536. The monoisotopic (exact) mass is 269 g/mol. The van der Waals surface area contributed by atoms with Crippen molar-refractivity contribution in [2.24, 2.45) is 0 Å². The molecule has 19 heavy (non-hydrogen) atoms. The fraction of sp³-hybridized carbons (Fsp3) is 0.692. The lowest BCUT2D eigenvalue weighted by atomic mass is 10.4. The minimum absolute atomic E-state index is 0.192. The zero-order valence-corrected chi connectivity index (χ0v) is 12.1. The summed E-state index contributed by atoms with van der Waals surface area (Å²) in [4.78, 5) is 8.23. The van der Waals surface area contributed by atoms with Crippen LogP contribution in [0.15, 0.2) is 6.33 Å². The fourth-order valence-corrected chi connectivity index (χ4v) is 1.44. The molecule has 0 unspecified atom stereocenters. The van der Waals surface area contributed by atoms with E-state index in [9.17, 15) is 0 Å². The number of hydrogen-bond acceptors (Lipinski definition) is 6. The molecule has 0 atom stereocenters. The highest BCUT2D eigenvalue weighted by Crippen LogP contribution is 2.30. The molecule has 6 nitrogen and oxygen atoms in total. The molecule has 0 radical (unpaired) electrons. The Bertz CT molecular complexity index is 372. The zero-order valence-electron chi connectivity index (χ0n) is 12.1. The van der Waals surface area contributed by atoms with Crippen molar-refractivity contribution in [1.29, 1.82) is 0 Å². The minimum Gasteiger partial charge on any atom is -0.489 e. The molecule has 0 saturated heterocycles. The summed E-state index contributed by atoms with van der Waals surface area (Å²) in [7, 11) is 1.58. The average molecular weight is 269 g/mol. The van der Waals surface area contributed by atoms with Gasteiger partial charge in [0.2, 0.25) is 5.75 Å². The number of ether oxygens (including phenoxy) is 3. The summed E-state index contributed by atoms with van der Waals surface area (Å²) in [6.45, 7) is 7.82. The number of anilines is 1. The van der Waals surface area contributed by atoms with Crippen molar-refractivity contribution >= 4 is 5.82 Å². The maximum atomic E-state index is 5.56. The van der Waals surface area contributed by atoms with Crippen molar-refractivity contribution in [2.75, 3.05) is 32.2 Å². The molecule has 0 aliphatic rings. The molecule has 0 aliphatic heterocycles. The predicted octanol–water partition coefficient (Wildman–Crippen LogP) is 2.11. The van der Waals surface area contributed by atoms with Crippen molar-refractivity contribution in [3.8, 4) is 11.6 Å². The molecule has 0 aliphatic carbocycles. The second-order valence-electron chi connectivity index (χ2n) is 4.26. The molecule has 6 heteroatoms. The molecule has 0 bridgehead atoms. The van der Waals surface area contributed by atoms with E-state index in [0.29, 0.717) is 30.7 Å². The third kappa shape index (κ3) is 5.30. The third-order valence-corrected chi connectivity index (χ3v) is 2.29. The van der Waals surface area contributed by atoms with Crippen molar-refractivity contribution in [2.45, 2.75) is 33.3 Å². The minimum atomic E-state index is 0.192. The zero-order chi connectivity index (χ0) is 14.1. The van der Waals surface area contributed by atoms with Crippen LogP contribution in [0.3, 0.4) is 0 Å². The SMILES string of the molecule is CCCNc1ncnc(OCCOC(C)C)c1OC. The topological polar surface area (TPSA) is 65.5 Å². The van der Waals surface area contributed by atoms with Gasteiger partial charge in [0.05, 0.1) is 19.8 Å². The van der Waals surface area contributed by atoms with Gasteiger partial charge in [-0.3, -0.25) is 0 Å². The second kappa shape index (κ2) is 8.53. The number of rotatable bonds is 9. The summed E-state index contributed by atoms with van der Waals surface area (Å²) in [5.74, 6) is 1.61. The van der Waals surface area contributed by atoms with Crippen LogP contribution in [0.4, 0.5) is 5.82 Å². The molecule has 1 aromatic heterocycles. The number of nitrogens with one attached hydrogen (secondary N) is 1. The van der Waals surface area contributed by atoms with Crippen LogP contribution in [0, 0.1) is 0 Å². The number of nitrogens with zero attached hydrogens (tertiary/aromatic N) is 2. The summed E-state index contributed by atoms with van der Waals surface area (Å²) in [6, 6.07) is 0. The molecular weight excluding hydrogens is 246 g/mol. The van der Waals surface area contributed by atoms with E-state index >= 15 is 0 Å². The summed E-state index contributed by atoms with van der Waals surface area (Å²) < 4.78 is 16.3. The van der Waals surface area contributed by atoms with Gasteiger partial charge in [-0.1, -0.05) is 6.92 Å². The molecule has 0 amide bonds. The van der Waals surface area contributed by atoms with Crippen molar-refractivity contribution in [3.05, 3.63) is 6.33 Å². The highest BCUT2D eigenvalue weighted by Gasteiger charge is 2.12. The highest BCUT2D eigenvalue weighted by atomic mass is 16.5. The van der Waals surface area contributed by atoms with E-state index in [1.54, 1.807) is 7.11 Å². The van der Waals surface area contributed by atoms with Gasteiger partial charge in [-0.05, 0) is 20.3 Å². The van der Waals surface area contributed by atoms with Gasteiger partial charge in [0, 0.05) is 6.54 Å². The molecule has 1 N–H and O–H groups in total. The van der Waals surface area contributed by atoms with Gasteiger partial charge in [-0.15, -0.1) is 0 Å². The standard InChI is InChI=1S/C13H23N3O3/c1-5-6-14-12-11(17-4)13(16-9-15-12)19-8-7-18-10(2)3/h9-10H,5-8H2,1-4H3,(H,14,15,16). The predicted molar refractivity (Wildman–Crippen MR) is 73.9 cm³/mol. The maximum Gasteiger partial charge on any atom is 0.262 e. The Morgan fingerprint density at radius 1 is 1.26 bits per heavy atom. The molecule has 0 saturated carbocycles. The number of methoxy groups -OCH3 is 1. The molecule has 1 heterocycles. The lowest BCUT2D eigenvalue weighted by Gasteiger charge is -2.13. The van der Waals surface area contributed by atoms with Crippen LogP contribution in [0.2, 0.25) is 0 Å². The van der Waals surface area contributed by atoms with Crippen molar-refractivity contribution in [3.63, 3.8) is 0 Å². The van der Waals surface area contributed by atoms with Crippen molar-refractivity contribution in [1.82, 2.24) is 9.97 Å². The first-order valence-corrected chi connectivity index (χ1v) is 6.56. The Balaban J connectivity index is 2.61. The smallest absolute Gasteiger partial charge is 0.262 e. The second-order valence-corrected chi connectivity index (χ2v) is 4.26. The van der Waals surface area contributed by atoms with E-state index < -0.39 is 0 Å². The first-order chi connectivity index (χ1) is 9.19. The molecule has 1 rings (SSSR count). The molecular formula is C13H23N3O3. The van der Waals surface area contributed by atoms with Crippen LogP contribution in [-0.4, -0.2) is 42.9 Å². The Hall–Kier alpha value is -1.56. The van der Waals surface area contributed by atoms with Gasteiger partial charge >= 0.3 is 0 Å². The Labute approximate surface area is 114 Å². The fourth-order valence-electron chi connectivity index (χ4n) is 1.44. The Kier molecular flexibility index (Phi) is 6.95. The maximum absolute atomic E-state index is 5.56. The van der Waals surface area contributed by atoms with Gasteiger partial charge in [0.1, 0.15) is 12.9 Å². The average Bonchev–Trinajstić information content (AvgIpc) is 2.41. The van der Waals surface area contributed by atoms with Crippen LogP contribution < -0.4 is 14.8 Å². The molecule has 0 fully saturated rings. The van der Waals surface area contributed by atoms with E-state index in [1.807, 2.05) is 13.8 Å². The molecule has 0 spiro atoms. The summed E-state index contributed by atoms with van der Waals surface area (Å²) in [5.41, 5.74) is 0. The quantitative estimate of drug-likeness (QED) is 0.693. The van der Waals surface area contributed by atoms with E-state index in [4.69, 9.17) is 14.2 Å². The molecule has 1 aromatic rings. The van der Waals surface area contributed by atoms with Crippen LogP contribution >= 0.6 is 0 Å². The summed E-state index contributed by atoms with van der Waals surface area (Å²) in [6.07, 6.45) is 2.66. The van der Waals surface area contributed by atoms with E-state index in [1.165, 1.54) is 6.33 Å². The Morgan fingerprint density at radius 2 is 2.05 bits per heavy atom. The van der Waals surface area contributed by atoms with Gasteiger partial charge in [0.15, 0.2) is 5.82 Å². The normalized spacial score (nSPS) is 10.6. The summed E-state index contributed by atoms with van der Waals surface area (Å²) >= 11 is 0. The van der Waals surface area contributed by atoms with Gasteiger partial charge < -0.3 is 19.5 Å². The molecule has 108 valence electrons. The first kappa shape index (κ1) is 15.5. The molecule has 0 aromatic carbocycles. The summed E-state index contributed by atoms with van der Waals surface area (Å²) in [5, 5.41) is 3.18. The highest BCUT2D eigenvalue weighted by molar-refractivity contribution is 5.54. The van der Waals surface area contributed by atoms with Gasteiger partial charge in [0.25, 0.3) is 5.88 Å². The van der Waals surface area contributed by atoms with E-state index in [0.717, 1.165) is 13.0 Å². The van der Waals surface area contributed by atoms with Gasteiger partial charge in [-0.25, -0.2) is 4.98 Å². The van der Waals surface area contributed by atoms with Crippen LogP contribution in [0.1, 0.15) is 27.2 Å². The Morgan fingerprint density at radius 3 is 2.68 bits per heavy atom. The first-order valence-electron chi connectivity index (χ1n) is 6.56.